The fourth-order valence-corrected chi connectivity index (χ4v) is 8.74. The summed E-state index contributed by atoms with van der Waals surface area (Å²) >= 11 is 0. The number of benzene rings is 2. The number of fused-ring (bicyclic) bond motifs is 1. The number of unbranched alkanes of at least 4 members (excludes halogenated alkanes) is 22. The van der Waals surface area contributed by atoms with Gasteiger partial charge in [-0.1, -0.05) is 172 Å². The van der Waals surface area contributed by atoms with Crippen molar-refractivity contribution in [2.24, 2.45) is 5.92 Å². The van der Waals surface area contributed by atoms with Crippen LogP contribution in [0.5, 0.6) is 5.75 Å². The highest BCUT2D eigenvalue weighted by atomic mass is 16.7. The number of esters is 4. The molecule has 0 aliphatic rings. The first-order valence-corrected chi connectivity index (χ1v) is 28.9. The minimum Gasteiger partial charge on any atom is -0.497 e. The van der Waals surface area contributed by atoms with Crippen molar-refractivity contribution < 1.29 is 57.2 Å². The second kappa shape index (κ2) is 44.0. The van der Waals surface area contributed by atoms with Gasteiger partial charge in [-0.25, -0.2) is 9.69 Å². The van der Waals surface area contributed by atoms with Crippen LogP contribution in [0.3, 0.4) is 0 Å². The average molecular weight is 1050 g/mol. The minimum absolute atomic E-state index is 0.0344. The van der Waals surface area contributed by atoms with E-state index in [2.05, 4.69) is 38.2 Å². The Morgan fingerprint density at radius 2 is 1.03 bits per heavy atom. The van der Waals surface area contributed by atoms with E-state index in [1.807, 2.05) is 36.4 Å². The Bertz CT molecular complexity index is 1890. The molecule has 0 radical (unpaired) electrons. The van der Waals surface area contributed by atoms with Gasteiger partial charge in [0.15, 0.2) is 6.10 Å². The number of allylic oxidation sites excluding steroid dienone is 4. The van der Waals surface area contributed by atoms with E-state index in [0.29, 0.717) is 25.0 Å². The third kappa shape index (κ3) is 34.2. The van der Waals surface area contributed by atoms with Gasteiger partial charge in [0.2, 0.25) is 12.7 Å². The van der Waals surface area contributed by atoms with Gasteiger partial charge in [-0.15, -0.1) is 0 Å². The molecule has 1 atom stereocenters. The van der Waals surface area contributed by atoms with Gasteiger partial charge in [-0.2, -0.15) is 0 Å². The topological polar surface area (TPSA) is 161 Å². The molecule has 1 unspecified atom stereocenters. The largest absolute Gasteiger partial charge is 0.497 e. The van der Waals surface area contributed by atoms with Crippen LogP contribution in [0.25, 0.3) is 10.8 Å². The Balaban J connectivity index is 1.78. The predicted molar refractivity (Wildman–Crippen MR) is 298 cm³/mol. The van der Waals surface area contributed by atoms with Crippen molar-refractivity contribution in [3.63, 3.8) is 0 Å². The fourth-order valence-electron chi connectivity index (χ4n) is 8.74. The SMILES string of the molecule is CCCCCCCC/C=C\CCCCCCCC(=O)OCC(COC(=O)CCCCCCC/C=C\CCCCCCCC)OC(=O)CC(C)CC(=O)OCOC(=O)N(CCc1cccc2ccc(OC)cc12)C(C)=O. The normalized spacial score (nSPS) is 11.8. The van der Waals surface area contributed by atoms with E-state index in [-0.39, 0.29) is 45.4 Å². The lowest BCUT2D eigenvalue weighted by molar-refractivity contribution is -0.168. The van der Waals surface area contributed by atoms with Crippen molar-refractivity contribution >= 4 is 46.7 Å². The number of ether oxygens (including phenoxy) is 6. The summed E-state index contributed by atoms with van der Waals surface area (Å²) in [5, 5.41) is 1.92. The number of hydrogen-bond donors (Lipinski definition) is 0. The molecule has 13 nitrogen and oxygen atoms in total. The summed E-state index contributed by atoms with van der Waals surface area (Å²) in [6, 6.07) is 11.5. The number of nitrogens with zero attached hydrogens (tertiary/aromatic N) is 1. The van der Waals surface area contributed by atoms with Gasteiger partial charge in [-0.05, 0) is 105 Å². The van der Waals surface area contributed by atoms with Crippen LogP contribution in [-0.2, 0) is 54.1 Å². The molecular weight excluding hydrogens is 951 g/mol. The maximum Gasteiger partial charge on any atom is 0.419 e. The first-order chi connectivity index (χ1) is 36.5. The van der Waals surface area contributed by atoms with Crippen LogP contribution in [0.2, 0.25) is 0 Å². The molecule has 0 fully saturated rings. The van der Waals surface area contributed by atoms with Gasteiger partial charge in [0.25, 0.3) is 0 Å². The molecule has 75 heavy (non-hydrogen) atoms. The summed E-state index contributed by atoms with van der Waals surface area (Å²) in [5.74, 6) is -2.62. The van der Waals surface area contributed by atoms with Crippen molar-refractivity contribution in [3.05, 3.63) is 66.3 Å². The molecule has 13 heteroatoms. The maximum atomic E-state index is 13.1. The molecular formula is C62H97NO12. The molecule has 0 aliphatic carbocycles. The van der Waals surface area contributed by atoms with E-state index in [4.69, 9.17) is 28.4 Å². The van der Waals surface area contributed by atoms with Gasteiger partial charge in [0.1, 0.15) is 19.0 Å². The third-order valence-corrected chi connectivity index (χ3v) is 13.3. The standard InChI is InChI=1S/C62H97NO12/c1-6-8-10-12-14-16-18-20-22-24-26-28-30-32-34-39-58(65)71-48-56(49-72-59(66)40-35-33-31-29-27-25-23-21-19-17-15-13-11-9-7-2)75-61(68)46-51(3)45-60(67)73-50-74-62(69)63(52(4)64)44-43-54-38-36-37-53-41-42-55(70-5)47-57(53)54/h20-23,36-38,41-42,47,51,56H,6-19,24-35,39-40,43-46,48-50H2,1-5H3/b22-20-,23-21-. The summed E-state index contributed by atoms with van der Waals surface area (Å²) in [6.07, 6.45) is 37.6. The van der Waals surface area contributed by atoms with Gasteiger partial charge >= 0.3 is 30.0 Å². The molecule has 2 aromatic carbocycles. The van der Waals surface area contributed by atoms with Gasteiger partial charge < -0.3 is 28.4 Å². The predicted octanol–water partition coefficient (Wildman–Crippen LogP) is 15.4. The van der Waals surface area contributed by atoms with Crippen molar-refractivity contribution in [3.8, 4) is 5.75 Å². The molecule has 2 aromatic rings. The second-order valence-electron chi connectivity index (χ2n) is 20.1. The molecule has 0 saturated heterocycles. The second-order valence-corrected chi connectivity index (χ2v) is 20.1. The van der Waals surface area contributed by atoms with Gasteiger partial charge in [0.05, 0.1) is 7.11 Å². The zero-order valence-electron chi connectivity index (χ0n) is 47.0. The Hall–Kier alpha value is -5.20. The summed E-state index contributed by atoms with van der Waals surface area (Å²) < 4.78 is 32.3. The number of imide groups is 1. The molecule has 0 aromatic heterocycles. The first kappa shape index (κ1) is 65.9. The number of hydrogen-bond acceptors (Lipinski definition) is 12. The maximum absolute atomic E-state index is 13.1. The highest BCUT2D eigenvalue weighted by molar-refractivity contribution is 5.91. The van der Waals surface area contributed by atoms with E-state index in [1.165, 1.54) is 84.0 Å². The van der Waals surface area contributed by atoms with E-state index < -0.39 is 54.7 Å². The van der Waals surface area contributed by atoms with Crippen molar-refractivity contribution in [1.82, 2.24) is 4.90 Å². The quantitative estimate of drug-likeness (QED) is 0.0203. The molecule has 0 saturated carbocycles. The molecule has 2 amide bonds. The van der Waals surface area contributed by atoms with E-state index in [9.17, 15) is 28.8 Å². The summed E-state index contributed by atoms with van der Waals surface area (Å²) in [5.41, 5.74) is 0.908. The molecule has 422 valence electrons. The zero-order chi connectivity index (χ0) is 54.6. The first-order valence-electron chi connectivity index (χ1n) is 28.9. The lowest BCUT2D eigenvalue weighted by Crippen LogP contribution is -2.37. The van der Waals surface area contributed by atoms with Crippen LogP contribution in [0.15, 0.2) is 60.7 Å². The molecule has 0 N–H and O–H groups in total. The Morgan fingerprint density at radius 1 is 0.547 bits per heavy atom. The van der Waals surface area contributed by atoms with Crippen LogP contribution in [0.4, 0.5) is 4.79 Å². The number of methoxy groups -OCH3 is 1. The van der Waals surface area contributed by atoms with Crippen LogP contribution >= 0.6 is 0 Å². The molecule has 0 spiro atoms. The van der Waals surface area contributed by atoms with Crippen molar-refractivity contribution in [2.45, 2.75) is 233 Å². The Morgan fingerprint density at radius 3 is 1.52 bits per heavy atom. The van der Waals surface area contributed by atoms with Crippen molar-refractivity contribution in [2.75, 3.05) is 33.7 Å². The summed E-state index contributed by atoms with van der Waals surface area (Å²) in [7, 11) is 1.58. The monoisotopic (exact) mass is 1050 g/mol. The van der Waals surface area contributed by atoms with Gasteiger partial charge in [-0.3, -0.25) is 24.0 Å². The van der Waals surface area contributed by atoms with Crippen LogP contribution in [0, 0.1) is 5.92 Å². The summed E-state index contributed by atoms with van der Waals surface area (Å²) in [4.78, 5) is 77.6. The molecule has 0 aliphatic heterocycles. The smallest absolute Gasteiger partial charge is 0.419 e. The third-order valence-electron chi connectivity index (χ3n) is 13.3. The highest BCUT2D eigenvalue weighted by Gasteiger charge is 2.24. The molecule has 0 bridgehead atoms. The van der Waals surface area contributed by atoms with E-state index >= 15 is 0 Å². The number of amides is 2. The lowest BCUT2D eigenvalue weighted by atomic mass is 10.0. The molecule has 0 heterocycles. The van der Waals surface area contributed by atoms with Gasteiger partial charge in [0, 0.05) is 39.2 Å². The van der Waals surface area contributed by atoms with E-state index in [0.717, 1.165) is 98.3 Å². The average Bonchev–Trinajstić information content (AvgIpc) is 3.39. The van der Waals surface area contributed by atoms with Crippen LogP contribution < -0.4 is 4.74 Å². The van der Waals surface area contributed by atoms with E-state index in [1.54, 1.807) is 14.0 Å². The summed E-state index contributed by atoms with van der Waals surface area (Å²) in [6.45, 7) is 6.16. The van der Waals surface area contributed by atoms with Crippen LogP contribution in [-0.4, -0.2) is 80.5 Å². The fraction of sp³-hybridized carbons (Fsp3) is 0.677. The molecule has 2 rings (SSSR count). The Labute approximate surface area is 451 Å². The zero-order valence-corrected chi connectivity index (χ0v) is 47.0. The number of carbonyl (C=O) groups is 6. The minimum atomic E-state index is -1.03. The Kier molecular flexibility index (Phi) is 38.7. The number of rotatable bonds is 45. The lowest BCUT2D eigenvalue weighted by Gasteiger charge is -2.20. The van der Waals surface area contributed by atoms with Crippen LogP contribution in [0.1, 0.15) is 226 Å². The highest BCUT2D eigenvalue weighted by Crippen LogP contribution is 2.25. The van der Waals surface area contributed by atoms with Crippen molar-refractivity contribution in [1.29, 1.82) is 0 Å². The number of carbonyl (C=O) groups excluding carboxylic acids is 6.